The number of ether oxygens (including phenoxy) is 1. The predicted molar refractivity (Wildman–Crippen MR) is 89.4 cm³/mol. The van der Waals surface area contributed by atoms with Crippen molar-refractivity contribution in [1.29, 1.82) is 0 Å². The van der Waals surface area contributed by atoms with Crippen molar-refractivity contribution < 1.29 is 14.3 Å². The molecule has 3 fully saturated rings. The van der Waals surface area contributed by atoms with Crippen molar-refractivity contribution in [3.8, 4) is 0 Å². The molecule has 1 saturated carbocycles. The second kappa shape index (κ2) is 6.20. The zero-order chi connectivity index (χ0) is 16.7. The van der Waals surface area contributed by atoms with Crippen molar-refractivity contribution in [2.45, 2.75) is 50.8 Å². The summed E-state index contributed by atoms with van der Waals surface area (Å²) in [5.74, 6) is -0.0684. The number of fused-ring (bicyclic) bond motifs is 1. The number of amides is 2. The Morgan fingerprint density at radius 1 is 1.21 bits per heavy atom. The third-order valence-electron chi connectivity index (χ3n) is 5.35. The van der Waals surface area contributed by atoms with Gasteiger partial charge < -0.3 is 15.0 Å². The molecular weight excluding hydrogens is 304 g/mol. The number of carbonyl (C=O) groups excluding carboxylic acids is 2. The van der Waals surface area contributed by atoms with Crippen molar-refractivity contribution in [1.82, 2.24) is 10.2 Å². The summed E-state index contributed by atoms with van der Waals surface area (Å²) in [6.45, 7) is 3.16. The van der Waals surface area contributed by atoms with Crippen LogP contribution in [0.3, 0.4) is 0 Å². The van der Waals surface area contributed by atoms with Crippen LogP contribution in [0, 0.1) is 12.8 Å². The van der Waals surface area contributed by atoms with E-state index in [2.05, 4.69) is 5.32 Å². The first-order valence-electron chi connectivity index (χ1n) is 8.89. The number of nitrogens with one attached hydrogen (secondary N) is 1. The second-order valence-electron chi connectivity index (χ2n) is 7.29. The maximum Gasteiger partial charge on any atom is 0.227 e. The number of carbonyl (C=O) groups is 2. The molecule has 0 aromatic heterocycles. The van der Waals surface area contributed by atoms with Gasteiger partial charge in [0.2, 0.25) is 11.8 Å². The molecule has 1 aliphatic carbocycles. The molecule has 5 heteroatoms. The molecule has 4 rings (SSSR count). The molecule has 24 heavy (non-hydrogen) atoms. The summed E-state index contributed by atoms with van der Waals surface area (Å²) in [5.41, 5.74) is 2.21. The Hall–Kier alpha value is -1.88. The lowest BCUT2D eigenvalue weighted by molar-refractivity contribution is -0.131. The fourth-order valence-corrected chi connectivity index (χ4v) is 3.81. The summed E-state index contributed by atoms with van der Waals surface area (Å²) >= 11 is 0. The molecule has 128 valence electrons. The quantitative estimate of drug-likeness (QED) is 0.910. The Morgan fingerprint density at radius 2 is 1.96 bits per heavy atom. The highest BCUT2D eigenvalue weighted by molar-refractivity contribution is 5.84. The van der Waals surface area contributed by atoms with Gasteiger partial charge in [0.15, 0.2) is 0 Å². The molecule has 5 nitrogen and oxygen atoms in total. The fraction of sp³-hybridized carbons (Fsp3) is 0.579. The normalized spacial score (nSPS) is 28.7. The van der Waals surface area contributed by atoms with Crippen LogP contribution in [0.4, 0.5) is 0 Å². The molecule has 2 saturated heterocycles. The van der Waals surface area contributed by atoms with Gasteiger partial charge >= 0.3 is 0 Å². The first kappa shape index (κ1) is 15.6. The van der Waals surface area contributed by atoms with Gasteiger partial charge in [-0.3, -0.25) is 9.59 Å². The lowest BCUT2D eigenvalue weighted by Gasteiger charge is -2.22. The van der Waals surface area contributed by atoms with Crippen LogP contribution in [0.2, 0.25) is 0 Å². The van der Waals surface area contributed by atoms with Crippen LogP contribution in [0.25, 0.3) is 0 Å². The maximum absolute atomic E-state index is 12.8. The minimum Gasteiger partial charge on any atom is -0.375 e. The summed E-state index contributed by atoms with van der Waals surface area (Å²) in [4.78, 5) is 27.1. The van der Waals surface area contributed by atoms with Crippen molar-refractivity contribution in [3.05, 3.63) is 35.4 Å². The summed E-state index contributed by atoms with van der Waals surface area (Å²) in [6.07, 6.45) is 3.23. The largest absolute Gasteiger partial charge is 0.375 e. The fourth-order valence-electron chi connectivity index (χ4n) is 3.81. The monoisotopic (exact) mass is 328 g/mol. The number of nitrogens with zero attached hydrogens (tertiary/aromatic N) is 1. The van der Waals surface area contributed by atoms with Crippen LogP contribution in [-0.4, -0.2) is 48.1 Å². The summed E-state index contributed by atoms with van der Waals surface area (Å²) in [6, 6.07) is 8.46. The van der Waals surface area contributed by atoms with E-state index in [-0.39, 0.29) is 29.9 Å². The third kappa shape index (κ3) is 3.05. The predicted octanol–water partition coefficient (Wildman–Crippen LogP) is 1.43. The molecule has 0 radical (unpaired) electrons. The minimum atomic E-state index is -0.222. The van der Waals surface area contributed by atoms with E-state index in [4.69, 9.17) is 4.74 Å². The van der Waals surface area contributed by atoms with Gasteiger partial charge in [0.25, 0.3) is 0 Å². The smallest absolute Gasteiger partial charge is 0.227 e. The Balaban J connectivity index is 1.45. The zero-order valence-corrected chi connectivity index (χ0v) is 14.0. The topological polar surface area (TPSA) is 58.6 Å². The van der Waals surface area contributed by atoms with Crippen LogP contribution in [0.1, 0.15) is 30.4 Å². The first-order valence-corrected chi connectivity index (χ1v) is 8.89. The van der Waals surface area contributed by atoms with Crippen LogP contribution < -0.4 is 5.32 Å². The molecule has 0 spiro atoms. The molecule has 1 N–H and O–H groups in total. The number of hydrogen-bond acceptors (Lipinski definition) is 3. The van der Waals surface area contributed by atoms with E-state index in [9.17, 15) is 9.59 Å². The Morgan fingerprint density at radius 3 is 2.67 bits per heavy atom. The molecule has 2 aliphatic heterocycles. The van der Waals surface area contributed by atoms with Crippen LogP contribution in [0.15, 0.2) is 24.3 Å². The lowest BCUT2D eigenvalue weighted by Crippen LogP contribution is -2.39. The number of likely N-dealkylation sites (tertiary alicyclic amines) is 1. The van der Waals surface area contributed by atoms with Crippen molar-refractivity contribution in [2.75, 3.05) is 13.2 Å². The average Bonchev–Trinajstić information content (AvgIpc) is 3.10. The Bertz CT molecular complexity index is 639. The van der Waals surface area contributed by atoms with Gasteiger partial charge in [0.1, 0.15) is 0 Å². The molecule has 1 aromatic carbocycles. The van der Waals surface area contributed by atoms with Gasteiger partial charge in [-0.1, -0.05) is 29.8 Å². The van der Waals surface area contributed by atoms with Gasteiger partial charge in [0.05, 0.1) is 24.5 Å². The number of benzene rings is 1. The van der Waals surface area contributed by atoms with Crippen LogP contribution in [0.5, 0.6) is 0 Å². The number of aryl methyl sites for hydroxylation is 1. The molecule has 2 amide bonds. The highest BCUT2D eigenvalue weighted by Gasteiger charge is 2.50. The highest BCUT2D eigenvalue weighted by atomic mass is 16.5. The summed E-state index contributed by atoms with van der Waals surface area (Å²) in [7, 11) is 0. The van der Waals surface area contributed by atoms with E-state index in [0.717, 1.165) is 24.8 Å². The molecule has 3 aliphatic rings. The van der Waals surface area contributed by atoms with E-state index in [1.54, 1.807) is 0 Å². The second-order valence-corrected chi connectivity index (χ2v) is 7.29. The van der Waals surface area contributed by atoms with Crippen LogP contribution >= 0.6 is 0 Å². The summed E-state index contributed by atoms with van der Waals surface area (Å²) in [5, 5.41) is 3.07. The SMILES string of the molecule is Cc1ccc(CC(=O)N2C[C@H](C(=O)NC3CC3)[C@H]3OCC[C@H]32)cc1. The minimum absolute atomic E-state index is 0.0536. The van der Waals surface area contributed by atoms with E-state index >= 15 is 0 Å². The molecule has 3 atom stereocenters. The lowest BCUT2D eigenvalue weighted by atomic mass is 10.0. The summed E-state index contributed by atoms with van der Waals surface area (Å²) < 4.78 is 5.80. The zero-order valence-electron chi connectivity index (χ0n) is 14.0. The van der Waals surface area contributed by atoms with Gasteiger partial charge in [0, 0.05) is 19.2 Å². The number of hydrogen-bond donors (Lipinski definition) is 1. The Kier molecular flexibility index (Phi) is 4.04. The average molecular weight is 328 g/mol. The van der Waals surface area contributed by atoms with Gasteiger partial charge in [-0.2, -0.15) is 0 Å². The van der Waals surface area contributed by atoms with Crippen molar-refractivity contribution in [2.24, 2.45) is 5.92 Å². The van der Waals surface area contributed by atoms with E-state index < -0.39 is 0 Å². The van der Waals surface area contributed by atoms with Crippen molar-refractivity contribution in [3.63, 3.8) is 0 Å². The number of rotatable bonds is 4. The Labute approximate surface area is 142 Å². The third-order valence-corrected chi connectivity index (χ3v) is 5.35. The highest BCUT2D eigenvalue weighted by Crippen LogP contribution is 2.34. The maximum atomic E-state index is 12.8. The molecule has 0 bridgehead atoms. The van der Waals surface area contributed by atoms with Gasteiger partial charge in [-0.05, 0) is 31.7 Å². The van der Waals surface area contributed by atoms with Crippen LogP contribution in [-0.2, 0) is 20.7 Å². The van der Waals surface area contributed by atoms with Crippen molar-refractivity contribution >= 4 is 11.8 Å². The van der Waals surface area contributed by atoms with Gasteiger partial charge in [-0.15, -0.1) is 0 Å². The van der Waals surface area contributed by atoms with E-state index in [0.29, 0.717) is 25.6 Å². The molecule has 0 unspecified atom stereocenters. The van der Waals surface area contributed by atoms with E-state index in [1.165, 1.54) is 5.56 Å². The van der Waals surface area contributed by atoms with E-state index in [1.807, 2.05) is 36.1 Å². The standard InChI is InChI=1S/C19H24N2O3/c1-12-2-4-13(5-3-12)10-17(22)21-11-15(18-16(21)8-9-24-18)19(23)20-14-6-7-14/h2-5,14-16,18H,6-11H2,1H3,(H,20,23)/t15-,16+,18+/m0/s1. The van der Waals surface area contributed by atoms with Gasteiger partial charge in [-0.25, -0.2) is 0 Å². The first-order chi connectivity index (χ1) is 11.6. The molecular formula is C19H24N2O3. The molecule has 2 heterocycles. The molecule has 1 aromatic rings.